The van der Waals surface area contributed by atoms with E-state index in [1.165, 1.54) is 0 Å². The minimum absolute atomic E-state index is 0.113. The molecule has 20 heavy (non-hydrogen) atoms. The van der Waals surface area contributed by atoms with Crippen LogP contribution in [-0.2, 0) is 16.1 Å². The van der Waals surface area contributed by atoms with Crippen LogP contribution >= 0.6 is 11.6 Å². The first-order chi connectivity index (χ1) is 9.56. The standard InChI is InChI=1S/C13H21ClN4O2/c1-3-5-6-18(8-11(15)19)13-7-10(14)16-12(17-13)9-20-4-2/h7H,3-6,8-9H2,1-2H3,(H2,15,19). The van der Waals surface area contributed by atoms with Crippen LogP contribution in [0.15, 0.2) is 6.07 Å². The highest BCUT2D eigenvalue weighted by Crippen LogP contribution is 2.17. The molecule has 6 nitrogen and oxygen atoms in total. The summed E-state index contributed by atoms with van der Waals surface area (Å²) in [6, 6.07) is 1.63. The third-order valence-corrected chi connectivity index (χ3v) is 2.81. The average Bonchev–Trinajstić information content (AvgIpc) is 2.40. The quantitative estimate of drug-likeness (QED) is 0.703. The predicted octanol–water partition coefficient (Wildman–Crippen LogP) is 1.76. The monoisotopic (exact) mass is 300 g/mol. The largest absolute Gasteiger partial charge is 0.374 e. The lowest BCUT2D eigenvalue weighted by atomic mass is 10.3. The summed E-state index contributed by atoms with van der Waals surface area (Å²) in [6.07, 6.45) is 1.95. The van der Waals surface area contributed by atoms with E-state index < -0.39 is 5.91 Å². The summed E-state index contributed by atoms with van der Waals surface area (Å²) in [5.74, 6) is 0.703. The zero-order chi connectivity index (χ0) is 15.0. The van der Waals surface area contributed by atoms with Gasteiger partial charge in [-0.1, -0.05) is 24.9 Å². The van der Waals surface area contributed by atoms with Gasteiger partial charge in [-0.2, -0.15) is 0 Å². The third-order valence-electron chi connectivity index (χ3n) is 2.62. The summed E-state index contributed by atoms with van der Waals surface area (Å²) in [6.45, 7) is 5.65. The molecule has 0 aliphatic carbocycles. The molecular formula is C13H21ClN4O2. The molecule has 0 bridgehead atoms. The van der Waals surface area contributed by atoms with E-state index in [1.54, 1.807) is 6.07 Å². The van der Waals surface area contributed by atoms with Crippen LogP contribution in [-0.4, -0.2) is 35.6 Å². The fourth-order valence-corrected chi connectivity index (χ4v) is 1.88. The van der Waals surface area contributed by atoms with E-state index in [2.05, 4.69) is 16.9 Å². The van der Waals surface area contributed by atoms with E-state index in [4.69, 9.17) is 22.1 Å². The zero-order valence-electron chi connectivity index (χ0n) is 11.9. The maximum atomic E-state index is 11.2. The molecule has 112 valence electrons. The number of carbonyl (C=O) groups is 1. The lowest BCUT2D eigenvalue weighted by Gasteiger charge is -2.22. The molecule has 0 radical (unpaired) electrons. The Bertz CT molecular complexity index is 442. The van der Waals surface area contributed by atoms with E-state index >= 15 is 0 Å². The number of halogens is 1. The molecule has 1 aromatic rings. The van der Waals surface area contributed by atoms with Crippen LogP contribution in [0.3, 0.4) is 0 Å². The van der Waals surface area contributed by atoms with E-state index in [9.17, 15) is 4.79 Å². The Balaban J connectivity index is 2.92. The Morgan fingerprint density at radius 3 is 2.80 bits per heavy atom. The summed E-state index contributed by atoms with van der Waals surface area (Å²) in [5, 5.41) is 0.329. The number of carbonyl (C=O) groups excluding carboxylic acids is 1. The SMILES string of the molecule is CCCCN(CC(N)=O)c1cc(Cl)nc(COCC)n1. The molecule has 0 atom stereocenters. The van der Waals surface area contributed by atoms with Crippen molar-refractivity contribution >= 4 is 23.3 Å². The van der Waals surface area contributed by atoms with E-state index in [0.29, 0.717) is 36.6 Å². The predicted molar refractivity (Wildman–Crippen MR) is 78.7 cm³/mol. The molecule has 0 aromatic carbocycles. The summed E-state index contributed by atoms with van der Waals surface area (Å²) in [5.41, 5.74) is 5.28. The van der Waals surface area contributed by atoms with Crippen molar-refractivity contribution in [3.05, 3.63) is 17.0 Å². The van der Waals surface area contributed by atoms with Crippen LogP contribution in [0.5, 0.6) is 0 Å². The van der Waals surface area contributed by atoms with Gasteiger partial charge in [-0.3, -0.25) is 4.79 Å². The Hall–Kier alpha value is -1.40. The van der Waals surface area contributed by atoms with Gasteiger partial charge in [-0.25, -0.2) is 9.97 Å². The van der Waals surface area contributed by atoms with Gasteiger partial charge in [0, 0.05) is 19.2 Å². The van der Waals surface area contributed by atoms with Crippen molar-refractivity contribution in [3.63, 3.8) is 0 Å². The average molecular weight is 301 g/mol. The topological polar surface area (TPSA) is 81.3 Å². The van der Waals surface area contributed by atoms with Gasteiger partial charge in [0.05, 0.1) is 6.54 Å². The second-order valence-electron chi connectivity index (χ2n) is 4.34. The maximum Gasteiger partial charge on any atom is 0.236 e. The first kappa shape index (κ1) is 16.7. The van der Waals surface area contributed by atoms with Crippen molar-refractivity contribution in [3.8, 4) is 0 Å². The van der Waals surface area contributed by atoms with Gasteiger partial charge < -0.3 is 15.4 Å². The molecule has 0 aliphatic heterocycles. The van der Waals surface area contributed by atoms with Crippen LogP contribution in [0.4, 0.5) is 5.82 Å². The molecule has 1 rings (SSSR count). The van der Waals surface area contributed by atoms with Crippen molar-refractivity contribution in [2.24, 2.45) is 5.73 Å². The van der Waals surface area contributed by atoms with Gasteiger partial charge in [0.15, 0.2) is 5.82 Å². The van der Waals surface area contributed by atoms with Gasteiger partial charge in [-0.05, 0) is 13.3 Å². The van der Waals surface area contributed by atoms with Crippen LogP contribution in [0.1, 0.15) is 32.5 Å². The van der Waals surface area contributed by atoms with Crippen LogP contribution in [0.2, 0.25) is 5.15 Å². The number of hydrogen-bond donors (Lipinski definition) is 1. The Labute approximate surface area is 124 Å². The molecule has 2 N–H and O–H groups in total. The third kappa shape index (κ3) is 5.71. The number of ether oxygens (including phenoxy) is 1. The summed E-state index contributed by atoms with van der Waals surface area (Å²) in [7, 11) is 0. The van der Waals surface area contributed by atoms with Crippen molar-refractivity contribution in [2.45, 2.75) is 33.3 Å². The molecular weight excluding hydrogens is 280 g/mol. The number of nitrogens with zero attached hydrogens (tertiary/aromatic N) is 3. The van der Waals surface area contributed by atoms with Crippen molar-refractivity contribution in [1.82, 2.24) is 9.97 Å². The molecule has 1 amide bonds. The number of hydrogen-bond acceptors (Lipinski definition) is 5. The van der Waals surface area contributed by atoms with Crippen molar-refractivity contribution in [1.29, 1.82) is 0 Å². The molecule has 0 aliphatic rings. The molecule has 0 fully saturated rings. The minimum Gasteiger partial charge on any atom is -0.374 e. The maximum absolute atomic E-state index is 11.2. The number of nitrogens with two attached hydrogens (primary N) is 1. The number of amides is 1. The lowest BCUT2D eigenvalue weighted by molar-refractivity contribution is -0.116. The molecule has 0 unspecified atom stereocenters. The van der Waals surface area contributed by atoms with E-state index in [1.807, 2.05) is 11.8 Å². The van der Waals surface area contributed by atoms with Crippen LogP contribution < -0.4 is 10.6 Å². The molecule has 1 aromatic heterocycles. The highest BCUT2D eigenvalue weighted by molar-refractivity contribution is 6.29. The molecule has 1 heterocycles. The first-order valence-electron chi connectivity index (χ1n) is 6.71. The molecule has 7 heteroatoms. The second-order valence-corrected chi connectivity index (χ2v) is 4.73. The minimum atomic E-state index is -0.401. The van der Waals surface area contributed by atoms with E-state index in [-0.39, 0.29) is 6.54 Å². The number of anilines is 1. The molecule has 0 saturated carbocycles. The Kier molecular flexibility index (Phi) is 7.25. The van der Waals surface area contributed by atoms with Crippen molar-refractivity contribution in [2.75, 3.05) is 24.6 Å². The molecule has 0 spiro atoms. The highest BCUT2D eigenvalue weighted by Gasteiger charge is 2.13. The fraction of sp³-hybridized carbons (Fsp3) is 0.615. The van der Waals surface area contributed by atoms with Crippen LogP contribution in [0, 0.1) is 0 Å². The van der Waals surface area contributed by atoms with E-state index in [0.717, 1.165) is 12.8 Å². The van der Waals surface area contributed by atoms with Gasteiger partial charge in [0.25, 0.3) is 0 Å². The highest BCUT2D eigenvalue weighted by atomic mass is 35.5. The number of primary amides is 1. The van der Waals surface area contributed by atoms with Gasteiger partial charge in [-0.15, -0.1) is 0 Å². The van der Waals surface area contributed by atoms with Gasteiger partial charge >= 0.3 is 0 Å². The first-order valence-corrected chi connectivity index (χ1v) is 7.09. The second kappa shape index (κ2) is 8.71. The fourth-order valence-electron chi connectivity index (χ4n) is 1.68. The van der Waals surface area contributed by atoms with Crippen molar-refractivity contribution < 1.29 is 9.53 Å². The van der Waals surface area contributed by atoms with Crippen LogP contribution in [0.25, 0.3) is 0 Å². The van der Waals surface area contributed by atoms with Gasteiger partial charge in [0.1, 0.15) is 17.6 Å². The smallest absolute Gasteiger partial charge is 0.236 e. The Morgan fingerprint density at radius 1 is 1.45 bits per heavy atom. The Morgan fingerprint density at radius 2 is 2.20 bits per heavy atom. The summed E-state index contributed by atoms with van der Waals surface area (Å²) < 4.78 is 5.28. The number of aromatic nitrogens is 2. The summed E-state index contributed by atoms with van der Waals surface area (Å²) in [4.78, 5) is 21.5. The lowest BCUT2D eigenvalue weighted by Crippen LogP contribution is -2.35. The zero-order valence-corrected chi connectivity index (χ0v) is 12.7. The normalized spacial score (nSPS) is 10.6. The molecule has 0 saturated heterocycles. The van der Waals surface area contributed by atoms with Gasteiger partial charge in [0.2, 0.25) is 5.91 Å². The summed E-state index contributed by atoms with van der Waals surface area (Å²) >= 11 is 5.99. The number of rotatable bonds is 9. The number of unbranched alkanes of at least 4 members (excludes halogenated alkanes) is 1.